The molecule has 0 aliphatic rings. The minimum atomic E-state index is -0.948. The van der Waals surface area contributed by atoms with Crippen LogP contribution in [-0.2, 0) is 0 Å². The van der Waals surface area contributed by atoms with E-state index in [1.807, 2.05) is 0 Å². The smallest absolute Gasteiger partial charge is 0.335 e. The number of aromatic carboxylic acids is 1. The fraction of sp³-hybridized carbons (Fsp3) is 0.133. The number of carboxylic acids is 1. The number of nitrogens with one attached hydrogen (secondary N) is 1. The van der Waals surface area contributed by atoms with Gasteiger partial charge in [0.25, 0.3) is 0 Å². The maximum atomic E-state index is 12.7. The second-order valence-corrected chi connectivity index (χ2v) is 4.11. The summed E-state index contributed by atoms with van der Waals surface area (Å²) in [5.41, 5.74) is 1.07. The van der Waals surface area contributed by atoms with Gasteiger partial charge in [0.1, 0.15) is 18.2 Å². The highest BCUT2D eigenvalue weighted by Gasteiger charge is 2.01. The number of carboxylic acid groups (broad SMARTS) is 1. The summed E-state index contributed by atoms with van der Waals surface area (Å²) >= 11 is 0. The summed E-state index contributed by atoms with van der Waals surface area (Å²) < 4.78 is 18.1. The highest BCUT2D eigenvalue weighted by atomic mass is 19.1. The number of anilines is 1. The molecule has 0 aromatic heterocycles. The average Bonchev–Trinajstić information content (AvgIpc) is 2.46. The van der Waals surface area contributed by atoms with Crippen molar-refractivity contribution in [2.75, 3.05) is 18.5 Å². The maximum Gasteiger partial charge on any atom is 0.335 e. The van der Waals surface area contributed by atoms with Crippen molar-refractivity contribution in [2.45, 2.75) is 0 Å². The van der Waals surface area contributed by atoms with Crippen molar-refractivity contribution >= 4 is 11.7 Å². The van der Waals surface area contributed by atoms with Crippen molar-refractivity contribution < 1.29 is 19.0 Å². The third kappa shape index (κ3) is 3.98. The Morgan fingerprint density at radius 1 is 1.10 bits per heavy atom. The van der Waals surface area contributed by atoms with E-state index in [1.165, 1.54) is 24.3 Å². The molecule has 2 aromatic rings. The lowest BCUT2D eigenvalue weighted by atomic mass is 10.2. The molecular formula is C15H14FNO3. The number of halogens is 1. The van der Waals surface area contributed by atoms with E-state index in [-0.39, 0.29) is 11.4 Å². The standard InChI is InChI=1S/C15H14FNO3/c16-12-3-7-14(8-4-12)20-10-9-17-13-5-1-11(2-6-13)15(18)19/h1-8,17H,9-10H2,(H,18,19). The number of hydrogen-bond acceptors (Lipinski definition) is 3. The molecular weight excluding hydrogens is 261 g/mol. The van der Waals surface area contributed by atoms with Crippen LogP contribution >= 0.6 is 0 Å². The maximum absolute atomic E-state index is 12.7. The van der Waals surface area contributed by atoms with Crippen LogP contribution in [0.4, 0.5) is 10.1 Å². The van der Waals surface area contributed by atoms with Gasteiger partial charge in [-0.3, -0.25) is 0 Å². The van der Waals surface area contributed by atoms with Gasteiger partial charge in [-0.1, -0.05) is 0 Å². The Kier molecular flexibility index (Phi) is 4.55. The van der Waals surface area contributed by atoms with Crippen LogP contribution in [0.5, 0.6) is 5.75 Å². The first kappa shape index (κ1) is 13.9. The second kappa shape index (κ2) is 6.56. The molecule has 20 heavy (non-hydrogen) atoms. The van der Waals surface area contributed by atoms with Crippen molar-refractivity contribution in [3.05, 3.63) is 59.9 Å². The summed E-state index contributed by atoms with van der Waals surface area (Å²) in [6, 6.07) is 12.3. The molecule has 0 heterocycles. The lowest BCUT2D eigenvalue weighted by molar-refractivity contribution is 0.0697. The topological polar surface area (TPSA) is 58.6 Å². The Labute approximate surface area is 115 Å². The van der Waals surface area contributed by atoms with Crippen molar-refractivity contribution in [3.8, 4) is 5.75 Å². The number of hydrogen-bond donors (Lipinski definition) is 2. The van der Waals surface area contributed by atoms with Crippen molar-refractivity contribution in [1.82, 2.24) is 0 Å². The average molecular weight is 275 g/mol. The summed E-state index contributed by atoms with van der Waals surface area (Å²) in [5.74, 6) is -0.639. The Bertz CT molecular complexity index is 567. The van der Waals surface area contributed by atoms with Crippen LogP contribution in [0, 0.1) is 5.82 Å². The zero-order chi connectivity index (χ0) is 14.4. The minimum Gasteiger partial charge on any atom is -0.492 e. The molecule has 0 saturated heterocycles. The van der Waals surface area contributed by atoms with Crippen LogP contribution in [0.3, 0.4) is 0 Å². The van der Waals surface area contributed by atoms with Crippen molar-refractivity contribution in [3.63, 3.8) is 0 Å². The van der Waals surface area contributed by atoms with Crippen LogP contribution in [0.2, 0.25) is 0 Å². The van der Waals surface area contributed by atoms with Crippen LogP contribution in [0.15, 0.2) is 48.5 Å². The van der Waals surface area contributed by atoms with Gasteiger partial charge in [0.15, 0.2) is 0 Å². The molecule has 0 amide bonds. The van der Waals surface area contributed by atoms with E-state index in [1.54, 1.807) is 24.3 Å². The first-order chi connectivity index (χ1) is 9.65. The molecule has 0 atom stereocenters. The van der Waals surface area contributed by atoms with E-state index in [9.17, 15) is 9.18 Å². The minimum absolute atomic E-state index is 0.248. The molecule has 2 rings (SSSR count). The molecule has 0 saturated carbocycles. The Balaban J connectivity index is 1.75. The van der Waals surface area contributed by atoms with Gasteiger partial charge >= 0.3 is 5.97 Å². The lowest BCUT2D eigenvalue weighted by Gasteiger charge is -2.08. The molecule has 4 nitrogen and oxygen atoms in total. The van der Waals surface area contributed by atoms with Gasteiger partial charge in [-0.2, -0.15) is 0 Å². The molecule has 104 valence electrons. The summed E-state index contributed by atoms with van der Waals surface area (Å²) in [5, 5.41) is 11.9. The Morgan fingerprint density at radius 3 is 2.35 bits per heavy atom. The summed E-state index contributed by atoms with van der Waals surface area (Å²) in [7, 11) is 0. The predicted octanol–water partition coefficient (Wildman–Crippen LogP) is 3.01. The number of benzene rings is 2. The van der Waals surface area contributed by atoms with Crippen LogP contribution in [0.1, 0.15) is 10.4 Å². The highest BCUT2D eigenvalue weighted by Crippen LogP contribution is 2.11. The zero-order valence-electron chi connectivity index (χ0n) is 10.7. The van der Waals surface area contributed by atoms with Crippen molar-refractivity contribution in [2.24, 2.45) is 0 Å². The fourth-order valence-electron chi connectivity index (χ4n) is 1.63. The van der Waals surface area contributed by atoms with Gasteiger partial charge in [0.05, 0.1) is 5.56 Å². The van der Waals surface area contributed by atoms with E-state index >= 15 is 0 Å². The summed E-state index contributed by atoms with van der Waals surface area (Å²) in [6.45, 7) is 0.982. The molecule has 0 aliphatic heterocycles. The molecule has 0 unspecified atom stereocenters. The molecule has 2 N–H and O–H groups in total. The Hall–Kier alpha value is -2.56. The third-order valence-corrected chi connectivity index (χ3v) is 2.65. The van der Waals surface area contributed by atoms with E-state index in [4.69, 9.17) is 9.84 Å². The molecule has 0 radical (unpaired) electrons. The van der Waals surface area contributed by atoms with Gasteiger partial charge in [0.2, 0.25) is 0 Å². The Morgan fingerprint density at radius 2 is 1.75 bits per heavy atom. The molecule has 5 heteroatoms. The number of rotatable bonds is 6. The number of ether oxygens (including phenoxy) is 1. The zero-order valence-corrected chi connectivity index (χ0v) is 10.7. The first-order valence-electron chi connectivity index (χ1n) is 6.11. The first-order valence-corrected chi connectivity index (χ1v) is 6.11. The van der Waals surface area contributed by atoms with Gasteiger partial charge in [0, 0.05) is 12.2 Å². The second-order valence-electron chi connectivity index (χ2n) is 4.11. The quantitative estimate of drug-likeness (QED) is 0.796. The van der Waals surface area contributed by atoms with Gasteiger partial charge < -0.3 is 15.2 Å². The molecule has 0 bridgehead atoms. The predicted molar refractivity (Wildman–Crippen MR) is 73.8 cm³/mol. The molecule has 2 aromatic carbocycles. The van der Waals surface area contributed by atoms with E-state index < -0.39 is 5.97 Å². The van der Waals surface area contributed by atoms with Gasteiger partial charge in [-0.25, -0.2) is 9.18 Å². The highest BCUT2D eigenvalue weighted by molar-refractivity contribution is 5.87. The third-order valence-electron chi connectivity index (χ3n) is 2.65. The molecule has 0 aliphatic carbocycles. The van der Waals surface area contributed by atoms with E-state index in [0.717, 1.165) is 5.69 Å². The fourth-order valence-corrected chi connectivity index (χ4v) is 1.63. The SMILES string of the molecule is O=C(O)c1ccc(NCCOc2ccc(F)cc2)cc1. The van der Waals surface area contributed by atoms with Crippen LogP contribution in [-0.4, -0.2) is 24.2 Å². The normalized spacial score (nSPS) is 10.1. The van der Waals surface area contributed by atoms with Gasteiger partial charge in [-0.15, -0.1) is 0 Å². The summed E-state index contributed by atoms with van der Waals surface area (Å²) in [6.07, 6.45) is 0. The largest absolute Gasteiger partial charge is 0.492 e. The van der Waals surface area contributed by atoms with E-state index in [2.05, 4.69) is 5.32 Å². The van der Waals surface area contributed by atoms with Crippen LogP contribution < -0.4 is 10.1 Å². The van der Waals surface area contributed by atoms with Crippen LogP contribution in [0.25, 0.3) is 0 Å². The summed E-state index contributed by atoms with van der Waals surface area (Å²) in [4.78, 5) is 10.7. The lowest BCUT2D eigenvalue weighted by Crippen LogP contribution is -2.11. The monoisotopic (exact) mass is 275 g/mol. The van der Waals surface area contributed by atoms with E-state index in [0.29, 0.717) is 18.9 Å². The molecule has 0 fully saturated rings. The van der Waals surface area contributed by atoms with Gasteiger partial charge in [-0.05, 0) is 48.5 Å². The van der Waals surface area contributed by atoms with Crippen molar-refractivity contribution in [1.29, 1.82) is 0 Å². The number of carbonyl (C=O) groups is 1. The molecule has 0 spiro atoms.